The van der Waals surface area contributed by atoms with Gasteiger partial charge in [0.2, 0.25) is 5.91 Å². The number of nitrogens with one attached hydrogen (secondary N) is 2. The van der Waals surface area contributed by atoms with Crippen LogP contribution < -0.4 is 10.1 Å². The Balaban J connectivity index is 1.48. The van der Waals surface area contributed by atoms with E-state index in [-0.39, 0.29) is 18.4 Å². The number of aromatic amines is 1. The van der Waals surface area contributed by atoms with Crippen molar-refractivity contribution >= 4 is 33.9 Å². The maximum atomic E-state index is 13.3. The molecule has 6 nitrogen and oxygen atoms in total. The SMILES string of the molecule is CCC(=O)CCCCCC(NC(=O)Cc1c(C)[nH]c2ccc(OC)cc12)c1cnc(-c2ccccc2)s1. The molecule has 2 N–H and O–H groups in total. The topological polar surface area (TPSA) is 84.1 Å². The van der Waals surface area contributed by atoms with Crippen LogP contribution in [0.4, 0.5) is 0 Å². The van der Waals surface area contributed by atoms with E-state index in [2.05, 4.69) is 27.4 Å². The molecule has 0 saturated heterocycles. The van der Waals surface area contributed by atoms with E-state index in [9.17, 15) is 9.59 Å². The number of benzene rings is 2. The lowest BCUT2D eigenvalue weighted by atomic mass is 10.0. The van der Waals surface area contributed by atoms with Crippen molar-refractivity contribution < 1.29 is 14.3 Å². The summed E-state index contributed by atoms with van der Waals surface area (Å²) in [7, 11) is 1.65. The molecule has 0 spiro atoms. The summed E-state index contributed by atoms with van der Waals surface area (Å²) >= 11 is 1.62. The number of methoxy groups -OCH3 is 1. The smallest absolute Gasteiger partial charge is 0.225 e. The molecule has 0 aliphatic rings. The van der Waals surface area contributed by atoms with Gasteiger partial charge in [-0.05, 0) is 43.5 Å². The molecule has 1 amide bonds. The highest BCUT2D eigenvalue weighted by molar-refractivity contribution is 7.15. The number of Topliss-reactive ketones (excluding diaryl/α,β-unsaturated/α-hetero) is 1. The van der Waals surface area contributed by atoms with Gasteiger partial charge in [0.15, 0.2) is 0 Å². The van der Waals surface area contributed by atoms with Crippen molar-refractivity contribution in [2.75, 3.05) is 7.11 Å². The molecule has 0 aliphatic carbocycles. The van der Waals surface area contributed by atoms with Crippen molar-refractivity contribution in [3.63, 3.8) is 0 Å². The number of rotatable bonds is 13. The number of carbonyl (C=O) groups excluding carboxylic acids is 2. The summed E-state index contributed by atoms with van der Waals surface area (Å²) in [5, 5.41) is 5.24. The van der Waals surface area contributed by atoms with E-state index in [4.69, 9.17) is 4.74 Å². The van der Waals surface area contributed by atoms with Gasteiger partial charge in [0.1, 0.15) is 16.5 Å². The second-order valence-electron chi connectivity index (χ2n) is 9.36. The summed E-state index contributed by atoms with van der Waals surface area (Å²) in [6.07, 6.45) is 7.00. The Hall–Kier alpha value is -3.45. The third kappa shape index (κ3) is 6.86. The van der Waals surface area contributed by atoms with Crippen LogP contribution >= 0.6 is 11.3 Å². The van der Waals surface area contributed by atoms with E-state index in [0.717, 1.165) is 69.0 Å². The largest absolute Gasteiger partial charge is 0.497 e. The second-order valence-corrected chi connectivity index (χ2v) is 10.4. The molecule has 0 radical (unpaired) electrons. The number of carbonyl (C=O) groups is 2. The van der Waals surface area contributed by atoms with Crippen molar-refractivity contribution in [3.05, 3.63) is 70.9 Å². The lowest BCUT2D eigenvalue weighted by Crippen LogP contribution is -2.29. The van der Waals surface area contributed by atoms with E-state index in [1.807, 2.05) is 56.4 Å². The van der Waals surface area contributed by atoms with Crippen LogP contribution in [0.3, 0.4) is 0 Å². The Morgan fingerprint density at radius 3 is 2.68 bits per heavy atom. The summed E-state index contributed by atoms with van der Waals surface area (Å²) in [6.45, 7) is 3.91. The molecule has 4 aromatic rings. The van der Waals surface area contributed by atoms with Gasteiger partial charge in [0, 0.05) is 46.1 Å². The Bertz CT molecular complexity index is 1340. The van der Waals surface area contributed by atoms with Gasteiger partial charge >= 0.3 is 0 Å². The van der Waals surface area contributed by atoms with E-state index < -0.39 is 0 Å². The number of nitrogens with zero attached hydrogens (tertiary/aromatic N) is 1. The predicted octanol–water partition coefficient (Wildman–Crippen LogP) is 6.94. The van der Waals surface area contributed by atoms with Crippen LogP contribution in [0.25, 0.3) is 21.5 Å². The Labute approximate surface area is 222 Å². The first-order valence-corrected chi connectivity index (χ1v) is 13.8. The normalized spacial score (nSPS) is 12.0. The Kier molecular flexibility index (Phi) is 9.12. The third-order valence-electron chi connectivity index (χ3n) is 6.73. The van der Waals surface area contributed by atoms with Crippen LogP contribution in [0.2, 0.25) is 0 Å². The van der Waals surface area contributed by atoms with Crippen molar-refractivity contribution in [2.24, 2.45) is 0 Å². The number of ketones is 1. The molecule has 0 bridgehead atoms. The minimum atomic E-state index is -0.121. The zero-order valence-electron chi connectivity index (χ0n) is 21.8. The first kappa shape index (κ1) is 26.6. The van der Waals surface area contributed by atoms with Crippen molar-refractivity contribution in [1.29, 1.82) is 0 Å². The average molecular weight is 518 g/mol. The summed E-state index contributed by atoms with van der Waals surface area (Å²) < 4.78 is 5.40. The van der Waals surface area contributed by atoms with Gasteiger partial charge in [0.25, 0.3) is 0 Å². The van der Waals surface area contributed by atoms with Crippen LogP contribution in [0, 0.1) is 6.92 Å². The standard InChI is InChI=1S/C30H35N3O3S/c1-4-22(34)13-9-6-10-14-27(28-19-31-30(37-28)21-11-7-5-8-12-21)33-29(35)18-24-20(2)32-26-16-15-23(36-3)17-25(24)26/h5,7-8,11-12,15-17,19,27,32H,4,6,9-10,13-14,18H2,1-3H3,(H,33,35). The van der Waals surface area contributed by atoms with Gasteiger partial charge in [-0.25, -0.2) is 4.98 Å². The van der Waals surface area contributed by atoms with Gasteiger partial charge in [-0.15, -0.1) is 11.3 Å². The number of aromatic nitrogens is 2. The number of hydrogen-bond acceptors (Lipinski definition) is 5. The monoisotopic (exact) mass is 517 g/mol. The van der Waals surface area contributed by atoms with Crippen LogP contribution in [0.15, 0.2) is 54.7 Å². The summed E-state index contributed by atoms with van der Waals surface area (Å²) in [5.74, 6) is 1.06. The molecule has 0 aliphatic heterocycles. The Morgan fingerprint density at radius 2 is 1.92 bits per heavy atom. The number of hydrogen-bond donors (Lipinski definition) is 2. The molecule has 37 heavy (non-hydrogen) atoms. The highest BCUT2D eigenvalue weighted by Crippen LogP contribution is 2.32. The molecule has 1 atom stereocenters. The molecule has 2 aromatic carbocycles. The third-order valence-corrected chi connectivity index (χ3v) is 7.89. The Morgan fingerprint density at radius 1 is 1.11 bits per heavy atom. The first-order chi connectivity index (χ1) is 18.0. The van der Waals surface area contributed by atoms with Crippen LogP contribution in [0.5, 0.6) is 5.75 Å². The molecule has 0 saturated carbocycles. The summed E-state index contributed by atoms with van der Waals surface area (Å²) in [6, 6.07) is 15.9. The summed E-state index contributed by atoms with van der Waals surface area (Å²) in [5.41, 5.74) is 4.04. The molecule has 2 heterocycles. The maximum Gasteiger partial charge on any atom is 0.225 e. The zero-order valence-corrected chi connectivity index (χ0v) is 22.6. The van der Waals surface area contributed by atoms with Gasteiger partial charge < -0.3 is 15.0 Å². The fraction of sp³-hybridized carbons (Fsp3) is 0.367. The van der Waals surface area contributed by atoms with Crippen molar-refractivity contribution in [3.8, 4) is 16.3 Å². The van der Waals surface area contributed by atoms with E-state index in [1.54, 1.807) is 18.4 Å². The lowest BCUT2D eigenvalue weighted by molar-refractivity contribution is -0.121. The maximum absolute atomic E-state index is 13.3. The number of amides is 1. The quantitative estimate of drug-likeness (QED) is 0.188. The highest BCUT2D eigenvalue weighted by atomic mass is 32.1. The molecular formula is C30H35N3O3S. The predicted molar refractivity (Wildman–Crippen MR) is 150 cm³/mol. The van der Waals surface area contributed by atoms with Gasteiger partial charge in [0.05, 0.1) is 19.6 Å². The van der Waals surface area contributed by atoms with Crippen LogP contribution in [-0.2, 0) is 16.0 Å². The number of ether oxygens (including phenoxy) is 1. The van der Waals surface area contributed by atoms with Gasteiger partial charge in [-0.3, -0.25) is 9.59 Å². The fourth-order valence-electron chi connectivity index (χ4n) is 4.59. The first-order valence-electron chi connectivity index (χ1n) is 13.0. The minimum Gasteiger partial charge on any atom is -0.497 e. The number of fused-ring (bicyclic) bond motifs is 1. The zero-order chi connectivity index (χ0) is 26.2. The van der Waals surface area contributed by atoms with Crippen molar-refractivity contribution in [2.45, 2.75) is 64.8 Å². The van der Waals surface area contributed by atoms with Crippen molar-refractivity contribution in [1.82, 2.24) is 15.3 Å². The molecule has 4 rings (SSSR count). The average Bonchev–Trinajstić information content (AvgIpc) is 3.53. The number of H-pyrrole nitrogens is 1. The van der Waals surface area contributed by atoms with Gasteiger partial charge in [-0.1, -0.05) is 50.1 Å². The molecular weight excluding hydrogens is 482 g/mol. The van der Waals surface area contributed by atoms with Gasteiger partial charge in [-0.2, -0.15) is 0 Å². The highest BCUT2D eigenvalue weighted by Gasteiger charge is 2.20. The second kappa shape index (κ2) is 12.7. The molecule has 194 valence electrons. The van der Waals surface area contributed by atoms with Crippen LogP contribution in [0.1, 0.15) is 67.6 Å². The molecule has 2 aromatic heterocycles. The van der Waals surface area contributed by atoms with E-state index in [1.165, 1.54) is 0 Å². The molecule has 1 unspecified atom stereocenters. The number of thiazole rings is 1. The lowest BCUT2D eigenvalue weighted by Gasteiger charge is -2.17. The molecule has 7 heteroatoms. The van der Waals surface area contributed by atoms with Crippen LogP contribution in [-0.4, -0.2) is 28.8 Å². The number of unbranched alkanes of at least 4 members (excludes halogenated alkanes) is 2. The van der Waals surface area contributed by atoms with E-state index >= 15 is 0 Å². The van der Waals surface area contributed by atoms with E-state index in [0.29, 0.717) is 18.6 Å². The molecule has 0 fully saturated rings. The fourth-order valence-corrected chi connectivity index (χ4v) is 5.60. The number of aryl methyl sites for hydroxylation is 1. The summed E-state index contributed by atoms with van der Waals surface area (Å²) in [4.78, 5) is 34.1. The minimum absolute atomic E-state index is 0.0207.